The Labute approximate surface area is 287 Å². The van der Waals surface area contributed by atoms with Crippen molar-refractivity contribution in [2.24, 2.45) is 5.92 Å². The van der Waals surface area contributed by atoms with Crippen LogP contribution in [0, 0.1) is 29.9 Å². The van der Waals surface area contributed by atoms with Crippen molar-refractivity contribution in [3.63, 3.8) is 0 Å². The number of ether oxygens (including phenoxy) is 1. The van der Waals surface area contributed by atoms with E-state index in [1.165, 1.54) is 18.9 Å². The van der Waals surface area contributed by atoms with Crippen LogP contribution < -0.4 is 20.7 Å². The minimum absolute atomic E-state index is 0.00392. The zero-order chi connectivity index (χ0) is 33.7. The van der Waals surface area contributed by atoms with E-state index in [9.17, 15) is 4.39 Å². The standard InChI is InChI=1S/C38H36ClF3N6O/c1-2-26-30(41)7-4-22-12-24(43)13-27(31(22)26)32-29(39)14-28-34(33(32)42)44-36(49-20-37-9-3-11-48(37)17-21(15-37)16-40)45-35(28)47-18-25-8-10-38(19-47,46-25)23-5-6-23/h1,4,7,12-14,16,23,25,46H,3,5-6,8-11,15,17-20,43H2/b21-16-/t25-,37-,38+/m0/s1. The largest absolute Gasteiger partial charge is 0.461 e. The lowest BCUT2D eigenvalue weighted by Crippen LogP contribution is -2.61. The Morgan fingerprint density at radius 1 is 1.16 bits per heavy atom. The molecule has 4 saturated heterocycles. The van der Waals surface area contributed by atoms with Crippen molar-refractivity contribution >= 4 is 44.8 Å². The molecule has 1 aliphatic carbocycles. The third-order valence-corrected chi connectivity index (χ3v) is 12.0. The summed E-state index contributed by atoms with van der Waals surface area (Å²) in [6.07, 6.45) is 13.4. The van der Waals surface area contributed by atoms with Crippen molar-refractivity contribution in [3.05, 3.63) is 64.5 Å². The van der Waals surface area contributed by atoms with Gasteiger partial charge in [-0.3, -0.25) is 4.90 Å². The Kier molecular flexibility index (Phi) is 7.11. The highest BCUT2D eigenvalue weighted by Gasteiger charge is 2.53. The number of piperazine rings is 1. The highest BCUT2D eigenvalue weighted by molar-refractivity contribution is 6.35. The van der Waals surface area contributed by atoms with E-state index in [1.807, 2.05) is 0 Å². The molecule has 7 nitrogen and oxygen atoms in total. The van der Waals surface area contributed by atoms with E-state index < -0.39 is 11.6 Å². The highest BCUT2D eigenvalue weighted by Crippen LogP contribution is 2.50. The lowest BCUT2D eigenvalue weighted by molar-refractivity contribution is 0.108. The molecule has 3 atom stereocenters. The van der Waals surface area contributed by atoms with Gasteiger partial charge in [-0.1, -0.05) is 23.6 Å². The normalized spacial score (nSPS) is 27.4. The van der Waals surface area contributed by atoms with Crippen LogP contribution in [0.15, 0.2) is 42.2 Å². The van der Waals surface area contributed by atoms with E-state index in [1.54, 1.807) is 24.3 Å². The first-order chi connectivity index (χ1) is 23.7. The Bertz CT molecular complexity index is 2130. The maximum Gasteiger partial charge on any atom is 0.319 e. The number of nitrogen functional groups attached to an aromatic ring is 1. The molecule has 1 saturated carbocycles. The zero-order valence-corrected chi connectivity index (χ0v) is 27.7. The van der Waals surface area contributed by atoms with E-state index in [4.69, 9.17) is 33.5 Å². The van der Waals surface area contributed by atoms with Gasteiger partial charge in [0.25, 0.3) is 0 Å². The van der Waals surface area contributed by atoms with Crippen LogP contribution in [0.1, 0.15) is 50.5 Å². The second kappa shape index (κ2) is 11.2. The summed E-state index contributed by atoms with van der Waals surface area (Å²) in [6.45, 7) is 3.11. The zero-order valence-electron chi connectivity index (χ0n) is 27.0. The van der Waals surface area contributed by atoms with Gasteiger partial charge in [0.2, 0.25) is 0 Å². The molecular weight excluding hydrogens is 649 g/mol. The number of halogens is 4. The molecule has 0 spiro atoms. The van der Waals surface area contributed by atoms with Gasteiger partial charge in [0, 0.05) is 53.2 Å². The summed E-state index contributed by atoms with van der Waals surface area (Å²) in [5.74, 6) is 2.30. The van der Waals surface area contributed by atoms with Crippen molar-refractivity contribution in [2.75, 3.05) is 43.4 Å². The van der Waals surface area contributed by atoms with Crippen molar-refractivity contribution in [1.29, 1.82) is 0 Å². The van der Waals surface area contributed by atoms with Crippen LogP contribution in [0.3, 0.4) is 0 Å². The van der Waals surface area contributed by atoms with Crippen LogP contribution in [0.5, 0.6) is 6.01 Å². The van der Waals surface area contributed by atoms with Gasteiger partial charge in [0.1, 0.15) is 23.8 Å². The molecular formula is C38H36ClF3N6O. The second-order valence-corrected chi connectivity index (χ2v) is 15.1. The lowest BCUT2D eigenvalue weighted by Gasteiger charge is -2.42. The molecule has 4 aromatic rings. The van der Waals surface area contributed by atoms with E-state index >= 15 is 8.78 Å². The second-order valence-electron chi connectivity index (χ2n) is 14.7. The number of nitrogens with zero attached hydrogens (tertiary/aromatic N) is 4. The lowest BCUT2D eigenvalue weighted by atomic mass is 9.90. The van der Waals surface area contributed by atoms with E-state index in [0.717, 1.165) is 44.3 Å². The number of rotatable bonds is 6. The van der Waals surface area contributed by atoms with Gasteiger partial charge in [-0.15, -0.1) is 6.42 Å². The molecule has 49 heavy (non-hydrogen) atoms. The van der Waals surface area contributed by atoms with E-state index in [0.29, 0.717) is 59.4 Å². The smallest absolute Gasteiger partial charge is 0.319 e. The molecule has 0 amide bonds. The Morgan fingerprint density at radius 3 is 2.82 bits per heavy atom. The summed E-state index contributed by atoms with van der Waals surface area (Å²) in [6, 6.07) is 8.11. The fourth-order valence-electron chi connectivity index (χ4n) is 9.33. The van der Waals surface area contributed by atoms with E-state index in [-0.39, 0.29) is 57.0 Å². The first-order valence-corrected chi connectivity index (χ1v) is 17.5. The van der Waals surface area contributed by atoms with Crippen molar-refractivity contribution in [2.45, 2.75) is 62.1 Å². The number of aromatic nitrogens is 2. The Balaban J connectivity index is 1.21. The van der Waals surface area contributed by atoms with Gasteiger partial charge >= 0.3 is 6.01 Å². The van der Waals surface area contributed by atoms with Gasteiger partial charge < -0.3 is 20.7 Å². The van der Waals surface area contributed by atoms with Crippen LogP contribution >= 0.6 is 11.6 Å². The molecule has 2 bridgehead atoms. The van der Waals surface area contributed by atoms with Crippen LogP contribution in [0.2, 0.25) is 5.02 Å². The molecule has 0 radical (unpaired) electrons. The van der Waals surface area contributed by atoms with Gasteiger partial charge in [-0.05, 0) is 98.2 Å². The summed E-state index contributed by atoms with van der Waals surface area (Å²) < 4.78 is 52.3. The summed E-state index contributed by atoms with van der Waals surface area (Å²) in [5, 5.41) is 5.37. The molecule has 4 aliphatic heterocycles. The van der Waals surface area contributed by atoms with Crippen molar-refractivity contribution in [1.82, 2.24) is 20.2 Å². The summed E-state index contributed by atoms with van der Waals surface area (Å²) in [5.41, 5.74) is 7.34. The average Bonchev–Trinajstić information content (AvgIpc) is 3.70. The maximum absolute atomic E-state index is 17.3. The summed E-state index contributed by atoms with van der Waals surface area (Å²) in [7, 11) is 0. The molecule has 9 rings (SSSR count). The number of nitrogens with two attached hydrogens (primary N) is 1. The summed E-state index contributed by atoms with van der Waals surface area (Å²) >= 11 is 6.99. The van der Waals surface area contributed by atoms with Crippen LogP contribution in [0.25, 0.3) is 32.8 Å². The fraction of sp³-hybridized carbons (Fsp3) is 0.421. The Morgan fingerprint density at radius 2 is 2.02 bits per heavy atom. The molecule has 11 heteroatoms. The van der Waals surface area contributed by atoms with Crippen LogP contribution in [-0.2, 0) is 0 Å². The number of fused-ring (bicyclic) bond motifs is 5. The number of terminal acetylenes is 1. The fourth-order valence-corrected chi connectivity index (χ4v) is 9.62. The molecule has 252 valence electrons. The number of hydrogen-bond donors (Lipinski definition) is 2. The number of benzene rings is 3. The number of nitrogens with one attached hydrogen (secondary N) is 1. The first kappa shape index (κ1) is 31.0. The third-order valence-electron chi connectivity index (χ3n) is 11.7. The van der Waals surface area contributed by atoms with Gasteiger partial charge in [-0.2, -0.15) is 9.97 Å². The van der Waals surface area contributed by atoms with Crippen LogP contribution in [0.4, 0.5) is 24.7 Å². The van der Waals surface area contributed by atoms with Crippen LogP contribution in [-0.4, -0.2) is 64.8 Å². The molecule has 3 N–H and O–H groups in total. The van der Waals surface area contributed by atoms with E-state index in [2.05, 4.69) is 26.0 Å². The average molecular weight is 685 g/mol. The number of anilines is 2. The number of hydrogen-bond acceptors (Lipinski definition) is 7. The maximum atomic E-state index is 17.3. The molecule has 0 unspecified atom stereocenters. The highest BCUT2D eigenvalue weighted by atomic mass is 35.5. The predicted molar refractivity (Wildman–Crippen MR) is 186 cm³/mol. The SMILES string of the molecule is C#Cc1c(F)ccc2cc(N)cc(-c3c(Cl)cc4c(N5C[C@@H]6CC[C@](C7CC7)(C5)N6)nc(OC[C@@]56CCCN5C/C(=C\F)C6)nc4c3F)c12. The molecule has 5 aliphatic rings. The van der Waals surface area contributed by atoms with Crippen molar-refractivity contribution in [3.8, 4) is 29.5 Å². The molecule has 3 aromatic carbocycles. The quantitative estimate of drug-likeness (QED) is 0.165. The Hall–Kier alpha value is -4.04. The van der Waals surface area contributed by atoms with Gasteiger partial charge in [0.15, 0.2) is 5.82 Å². The molecule has 1 aromatic heterocycles. The molecule has 5 fully saturated rings. The minimum Gasteiger partial charge on any atom is -0.461 e. The van der Waals surface area contributed by atoms with Gasteiger partial charge in [-0.25, -0.2) is 13.2 Å². The topological polar surface area (TPSA) is 79.5 Å². The molecule has 5 heterocycles. The van der Waals surface area contributed by atoms with Gasteiger partial charge in [0.05, 0.1) is 22.5 Å². The first-order valence-electron chi connectivity index (χ1n) is 17.1. The third kappa shape index (κ3) is 4.88. The monoisotopic (exact) mass is 684 g/mol. The minimum atomic E-state index is -0.700. The predicted octanol–water partition coefficient (Wildman–Crippen LogP) is 7.14. The van der Waals surface area contributed by atoms with Crippen molar-refractivity contribution < 1.29 is 17.9 Å². The summed E-state index contributed by atoms with van der Waals surface area (Å²) in [4.78, 5) is 14.2.